The maximum Gasteiger partial charge on any atom is 0.280 e. The summed E-state index contributed by atoms with van der Waals surface area (Å²) in [5.41, 5.74) is 0.828. The molecule has 1 aromatic carbocycles. The molecule has 10 nitrogen and oxygen atoms in total. The standard InChI is InChI=1S/C21H22ClN5O5S/c1-14-7-8-17(23-13-14)33(28,29)26-20-18(32-16-6-4-3-5-15(16)30-2)19(22)24-21(25-20)27-9-11-31-12-10-27/h3-8,13H,9-12H2,1-2H3,(H,24,25,26). The van der Waals surface area contributed by atoms with E-state index in [4.69, 9.17) is 25.8 Å². The fourth-order valence-electron chi connectivity index (χ4n) is 3.08. The van der Waals surface area contributed by atoms with E-state index < -0.39 is 10.0 Å². The zero-order valence-electron chi connectivity index (χ0n) is 18.0. The van der Waals surface area contributed by atoms with Gasteiger partial charge in [0, 0.05) is 19.3 Å². The number of anilines is 2. The third-order valence-corrected chi connectivity index (χ3v) is 6.29. The van der Waals surface area contributed by atoms with Gasteiger partial charge < -0.3 is 19.1 Å². The van der Waals surface area contributed by atoms with Crippen LogP contribution >= 0.6 is 11.6 Å². The highest BCUT2D eigenvalue weighted by atomic mass is 35.5. The van der Waals surface area contributed by atoms with Gasteiger partial charge in [0.1, 0.15) is 0 Å². The highest BCUT2D eigenvalue weighted by Gasteiger charge is 2.26. The van der Waals surface area contributed by atoms with Gasteiger partial charge in [-0.25, -0.2) is 4.98 Å². The minimum atomic E-state index is -4.09. The van der Waals surface area contributed by atoms with Crippen LogP contribution in [0.15, 0.2) is 47.6 Å². The van der Waals surface area contributed by atoms with Gasteiger partial charge in [-0.05, 0) is 30.7 Å². The number of aryl methyl sites for hydroxylation is 1. The Morgan fingerprint density at radius 2 is 1.82 bits per heavy atom. The average Bonchev–Trinajstić information content (AvgIpc) is 2.82. The van der Waals surface area contributed by atoms with Gasteiger partial charge >= 0.3 is 0 Å². The predicted octanol–water partition coefficient (Wildman–Crippen LogP) is 3.27. The van der Waals surface area contributed by atoms with E-state index in [1.165, 1.54) is 19.4 Å². The van der Waals surface area contributed by atoms with E-state index in [1.807, 2.05) is 11.8 Å². The number of benzene rings is 1. The highest BCUT2D eigenvalue weighted by molar-refractivity contribution is 7.92. The molecule has 3 heterocycles. The van der Waals surface area contributed by atoms with Crippen molar-refractivity contribution in [3.05, 3.63) is 53.3 Å². The number of aromatic nitrogens is 3. The van der Waals surface area contributed by atoms with Crippen LogP contribution in [0.5, 0.6) is 17.2 Å². The summed E-state index contributed by atoms with van der Waals surface area (Å²) in [5, 5.41) is -0.231. The Balaban J connectivity index is 1.77. The third kappa shape index (κ3) is 5.27. The molecule has 1 saturated heterocycles. The van der Waals surface area contributed by atoms with Gasteiger partial charge in [0.2, 0.25) is 11.7 Å². The molecule has 33 heavy (non-hydrogen) atoms. The Morgan fingerprint density at radius 3 is 2.48 bits per heavy atom. The molecule has 0 aliphatic carbocycles. The minimum absolute atomic E-state index is 0.0612. The topological polar surface area (TPSA) is 116 Å². The van der Waals surface area contributed by atoms with E-state index in [-0.39, 0.29) is 27.7 Å². The Morgan fingerprint density at radius 1 is 1.09 bits per heavy atom. The Hall–Kier alpha value is -3.15. The van der Waals surface area contributed by atoms with Crippen LogP contribution in [-0.2, 0) is 14.8 Å². The molecular weight excluding hydrogens is 470 g/mol. The fourth-order valence-corrected chi connectivity index (χ4v) is 4.22. The molecule has 0 spiro atoms. The average molecular weight is 492 g/mol. The van der Waals surface area contributed by atoms with Crippen LogP contribution in [0.1, 0.15) is 5.56 Å². The fraction of sp³-hybridized carbons (Fsp3) is 0.286. The first kappa shape index (κ1) is 23.0. The van der Waals surface area contributed by atoms with Crippen LogP contribution in [0, 0.1) is 6.92 Å². The Bertz CT molecular complexity index is 1230. The second kappa shape index (κ2) is 9.77. The number of pyridine rings is 1. The lowest BCUT2D eigenvalue weighted by Crippen LogP contribution is -2.37. The van der Waals surface area contributed by atoms with Crippen molar-refractivity contribution in [3.63, 3.8) is 0 Å². The maximum atomic E-state index is 13.0. The summed E-state index contributed by atoms with van der Waals surface area (Å²) in [6.45, 7) is 3.88. The van der Waals surface area contributed by atoms with Gasteiger partial charge in [0.15, 0.2) is 27.5 Å². The largest absolute Gasteiger partial charge is 0.493 e. The molecule has 1 aliphatic rings. The van der Waals surface area contributed by atoms with Crippen LogP contribution in [0.2, 0.25) is 5.15 Å². The number of nitrogens with one attached hydrogen (secondary N) is 1. The van der Waals surface area contributed by atoms with Gasteiger partial charge in [-0.15, -0.1) is 0 Å². The van der Waals surface area contributed by atoms with E-state index in [9.17, 15) is 8.42 Å². The monoisotopic (exact) mass is 491 g/mol. The molecule has 0 atom stereocenters. The molecule has 0 radical (unpaired) electrons. The predicted molar refractivity (Wildman–Crippen MR) is 123 cm³/mol. The van der Waals surface area contributed by atoms with Crippen LogP contribution in [0.4, 0.5) is 11.8 Å². The van der Waals surface area contributed by atoms with Gasteiger partial charge in [0.25, 0.3) is 10.0 Å². The number of methoxy groups -OCH3 is 1. The number of morpholine rings is 1. The Kier molecular flexibility index (Phi) is 6.82. The molecule has 2 aromatic heterocycles. The molecule has 0 bridgehead atoms. The van der Waals surface area contributed by atoms with E-state index >= 15 is 0 Å². The zero-order chi connectivity index (χ0) is 23.4. The first-order valence-electron chi connectivity index (χ1n) is 10.0. The van der Waals surface area contributed by atoms with Crippen LogP contribution in [0.3, 0.4) is 0 Å². The zero-order valence-corrected chi connectivity index (χ0v) is 19.6. The summed E-state index contributed by atoms with van der Waals surface area (Å²) in [4.78, 5) is 14.6. The molecule has 1 aliphatic heterocycles. The number of ether oxygens (including phenoxy) is 3. The number of hydrogen-bond acceptors (Lipinski definition) is 9. The van der Waals surface area contributed by atoms with Crippen molar-refractivity contribution in [1.82, 2.24) is 15.0 Å². The van der Waals surface area contributed by atoms with Crippen LogP contribution in [-0.4, -0.2) is 56.8 Å². The number of halogens is 1. The van der Waals surface area contributed by atoms with Gasteiger partial charge in [-0.1, -0.05) is 29.8 Å². The second-order valence-electron chi connectivity index (χ2n) is 7.12. The third-order valence-electron chi connectivity index (χ3n) is 4.78. The van der Waals surface area contributed by atoms with E-state index in [0.29, 0.717) is 37.8 Å². The van der Waals surface area contributed by atoms with Crippen molar-refractivity contribution in [2.24, 2.45) is 0 Å². The first-order valence-corrected chi connectivity index (χ1v) is 11.9. The number of sulfonamides is 1. The summed E-state index contributed by atoms with van der Waals surface area (Å²) in [6, 6.07) is 9.94. The number of hydrogen-bond donors (Lipinski definition) is 1. The molecular formula is C21H22ClN5O5S. The smallest absolute Gasteiger partial charge is 0.280 e. The summed E-state index contributed by atoms with van der Waals surface area (Å²) < 4.78 is 45.2. The maximum absolute atomic E-state index is 13.0. The molecule has 3 aromatic rings. The van der Waals surface area contributed by atoms with Gasteiger partial charge in [0.05, 0.1) is 20.3 Å². The van der Waals surface area contributed by atoms with Crippen molar-refractivity contribution >= 4 is 33.4 Å². The normalized spacial score (nSPS) is 14.1. The molecule has 1 fully saturated rings. The number of nitrogens with zero attached hydrogens (tertiary/aromatic N) is 4. The first-order chi connectivity index (χ1) is 15.9. The molecule has 1 N–H and O–H groups in total. The van der Waals surface area contributed by atoms with Crippen molar-refractivity contribution in [2.75, 3.05) is 43.0 Å². The van der Waals surface area contributed by atoms with Crippen molar-refractivity contribution in [3.8, 4) is 17.2 Å². The quantitative estimate of drug-likeness (QED) is 0.497. The van der Waals surface area contributed by atoms with Crippen molar-refractivity contribution < 1.29 is 22.6 Å². The van der Waals surface area contributed by atoms with Crippen LogP contribution < -0.4 is 19.1 Å². The molecule has 12 heteroatoms. The van der Waals surface area contributed by atoms with Gasteiger partial charge in [-0.2, -0.15) is 18.4 Å². The molecule has 174 valence electrons. The summed E-state index contributed by atoms with van der Waals surface area (Å²) >= 11 is 6.47. The Labute approximate surface area is 196 Å². The van der Waals surface area contributed by atoms with E-state index in [2.05, 4.69) is 19.7 Å². The van der Waals surface area contributed by atoms with E-state index in [0.717, 1.165) is 5.56 Å². The number of para-hydroxylation sites is 2. The minimum Gasteiger partial charge on any atom is -0.493 e. The summed E-state index contributed by atoms with van der Waals surface area (Å²) in [6.07, 6.45) is 1.47. The molecule has 0 unspecified atom stereocenters. The summed E-state index contributed by atoms with van der Waals surface area (Å²) in [7, 11) is -2.59. The van der Waals surface area contributed by atoms with Crippen molar-refractivity contribution in [1.29, 1.82) is 0 Å². The molecule has 0 saturated carbocycles. The lowest BCUT2D eigenvalue weighted by molar-refractivity contribution is 0.122. The SMILES string of the molecule is COc1ccccc1Oc1c(Cl)nc(N2CCOCC2)nc1NS(=O)(=O)c1ccc(C)cn1. The van der Waals surface area contributed by atoms with E-state index in [1.54, 1.807) is 30.3 Å². The van der Waals surface area contributed by atoms with Crippen molar-refractivity contribution in [2.45, 2.75) is 11.9 Å². The lowest BCUT2D eigenvalue weighted by Gasteiger charge is -2.27. The highest BCUT2D eigenvalue weighted by Crippen LogP contribution is 2.39. The molecule has 0 amide bonds. The molecule has 4 rings (SSSR count). The van der Waals surface area contributed by atoms with Gasteiger partial charge in [-0.3, -0.25) is 4.72 Å². The number of rotatable bonds is 7. The lowest BCUT2D eigenvalue weighted by atomic mass is 10.3. The van der Waals surface area contributed by atoms with Crippen LogP contribution in [0.25, 0.3) is 0 Å². The second-order valence-corrected chi connectivity index (χ2v) is 9.11. The summed E-state index contributed by atoms with van der Waals surface area (Å²) in [5.74, 6) is 0.822.